The zero-order chi connectivity index (χ0) is 14.3. The summed E-state index contributed by atoms with van der Waals surface area (Å²) >= 11 is 0. The Morgan fingerprint density at radius 3 is 2.53 bits per heavy atom. The molecule has 0 aromatic rings. The van der Waals surface area contributed by atoms with Gasteiger partial charge in [-0.15, -0.1) is 0 Å². The summed E-state index contributed by atoms with van der Waals surface area (Å²) in [5.41, 5.74) is -0.309. The van der Waals surface area contributed by atoms with Crippen LogP contribution in [0.5, 0.6) is 0 Å². The number of hydrogen-bond acceptors (Lipinski definition) is 3. The van der Waals surface area contributed by atoms with Crippen molar-refractivity contribution < 1.29 is 19.4 Å². The number of ether oxygens (including phenoxy) is 1. The van der Waals surface area contributed by atoms with Crippen LogP contribution < -0.4 is 10.6 Å². The summed E-state index contributed by atoms with van der Waals surface area (Å²) in [4.78, 5) is 22.9. The van der Waals surface area contributed by atoms with Gasteiger partial charge in [0.15, 0.2) is 0 Å². The van der Waals surface area contributed by atoms with Gasteiger partial charge in [-0.1, -0.05) is 19.8 Å². The number of carboxylic acid groups (broad SMARTS) is 1. The summed E-state index contributed by atoms with van der Waals surface area (Å²) in [5.74, 6) is -0.985. The number of amides is 2. The molecule has 0 aromatic carbocycles. The highest BCUT2D eigenvalue weighted by atomic mass is 16.5. The highest BCUT2D eigenvalue weighted by Gasteiger charge is 2.30. The van der Waals surface area contributed by atoms with Crippen molar-refractivity contribution in [1.29, 1.82) is 0 Å². The van der Waals surface area contributed by atoms with E-state index in [9.17, 15) is 9.59 Å². The zero-order valence-electron chi connectivity index (χ0n) is 11.7. The molecular weight excluding hydrogens is 248 g/mol. The number of carbonyl (C=O) groups is 2. The Balaban J connectivity index is 2.45. The third-order valence-electron chi connectivity index (χ3n) is 3.46. The van der Waals surface area contributed by atoms with Gasteiger partial charge in [0.25, 0.3) is 0 Å². The number of aliphatic carboxylic acids is 1. The van der Waals surface area contributed by atoms with Crippen LogP contribution in [0.15, 0.2) is 0 Å². The Morgan fingerprint density at radius 2 is 2.00 bits per heavy atom. The topological polar surface area (TPSA) is 87.7 Å². The van der Waals surface area contributed by atoms with E-state index in [1.807, 2.05) is 13.8 Å². The monoisotopic (exact) mass is 272 g/mol. The average molecular weight is 272 g/mol. The number of urea groups is 1. The van der Waals surface area contributed by atoms with E-state index < -0.39 is 18.0 Å². The quantitative estimate of drug-likeness (QED) is 0.683. The average Bonchev–Trinajstić information content (AvgIpc) is 2.34. The van der Waals surface area contributed by atoms with Crippen LogP contribution in [0.1, 0.15) is 46.0 Å². The zero-order valence-corrected chi connectivity index (χ0v) is 11.7. The molecule has 1 atom stereocenters. The molecule has 1 fully saturated rings. The minimum atomic E-state index is -0.985. The van der Waals surface area contributed by atoms with Crippen LogP contribution in [-0.4, -0.2) is 41.9 Å². The number of nitrogens with one attached hydrogen (secondary N) is 2. The Labute approximate surface area is 113 Å². The van der Waals surface area contributed by atoms with E-state index in [-0.39, 0.29) is 5.54 Å². The third kappa shape index (κ3) is 5.46. The van der Waals surface area contributed by atoms with Crippen molar-refractivity contribution in [2.75, 3.05) is 13.2 Å². The van der Waals surface area contributed by atoms with E-state index >= 15 is 0 Å². The first-order valence-corrected chi connectivity index (χ1v) is 6.86. The fraction of sp³-hybridized carbons (Fsp3) is 0.846. The molecule has 0 radical (unpaired) electrons. The van der Waals surface area contributed by atoms with Gasteiger partial charge in [-0.25, -0.2) is 9.59 Å². The van der Waals surface area contributed by atoms with Gasteiger partial charge >= 0.3 is 12.0 Å². The van der Waals surface area contributed by atoms with Gasteiger partial charge < -0.3 is 20.5 Å². The molecule has 3 N–H and O–H groups in total. The van der Waals surface area contributed by atoms with Crippen LogP contribution >= 0.6 is 0 Å². The number of hydrogen-bond donors (Lipinski definition) is 3. The molecule has 6 heteroatoms. The lowest BCUT2D eigenvalue weighted by atomic mass is 9.93. The lowest BCUT2D eigenvalue weighted by Crippen LogP contribution is -2.55. The first-order chi connectivity index (χ1) is 8.97. The summed E-state index contributed by atoms with van der Waals surface area (Å²) in [6, 6.07) is -1.23. The van der Waals surface area contributed by atoms with E-state index in [0.717, 1.165) is 25.7 Å². The first kappa shape index (κ1) is 15.8. The molecule has 0 bridgehead atoms. The summed E-state index contributed by atoms with van der Waals surface area (Å²) in [6.45, 7) is 5.18. The second-order valence-corrected chi connectivity index (χ2v) is 5.30. The largest absolute Gasteiger partial charge is 0.480 e. The predicted octanol–water partition coefficient (Wildman–Crippen LogP) is 1.50. The SMILES string of the molecule is CCCCC(NC(=O)NC1(C)CCOCC1)C(=O)O. The lowest BCUT2D eigenvalue weighted by Gasteiger charge is -2.34. The van der Waals surface area contributed by atoms with Crippen LogP contribution in [0.4, 0.5) is 4.79 Å². The molecule has 1 aliphatic heterocycles. The smallest absolute Gasteiger partial charge is 0.326 e. The van der Waals surface area contributed by atoms with Crippen molar-refractivity contribution in [3.05, 3.63) is 0 Å². The summed E-state index contributed by atoms with van der Waals surface area (Å²) < 4.78 is 5.25. The van der Waals surface area contributed by atoms with Crippen molar-refractivity contribution >= 4 is 12.0 Å². The van der Waals surface area contributed by atoms with E-state index in [2.05, 4.69) is 10.6 Å². The first-order valence-electron chi connectivity index (χ1n) is 6.86. The molecule has 1 aliphatic rings. The molecule has 0 aromatic heterocycles. The molecule has 19 heavy (non-hydrogen) atoms. The van der Waals surface area contributed by atoms with E-state index in [0.29, 0.717) is 19.6 Å². The van der Waals surface area contributed by atoms with Crippen molar-refractivity contribution in [3.8, 4) is 0 Å². The molecule has 2 amide bonds. The van der Waals surface area contributed by atoms with Gasteiger partial charge in [0.2, 0.25) is 0 Å². The number of carboxylic acids is 1. The third-order valence-corrected chi connectivity index (χ3v) is 3.46. The highest BCUT2D eigenvalue weighted by molar-refractivity contribution is 5.82. The Bertz CT molecular complexity index is 314. The maximum Gasteiger partial charge on any atom is 0.326 e. The molecule has 0 aliphatic carbocycles. The normalized spacial score (nSPS) is 19.5. The van der Waals surface area contributed by atoms with Gasteiger partial charge in [-0.2, -0.15) is 0 Å². The minimum absolute atomic E-state index is 0.309. The van der Waals surface area contributed by atoms with Gasteiger partial charge in [0.1, 0.15) is 6.04 Å². The van der Waals surface area contributed by atoms with Gasteiger partial charge in [-0.3, -0.25) is 0 Å². The fourth-order valence-corrected chi connectivity index (χ4v) is 2.08. The van der Waals surface area contributed by atoms with E-state index in [4.69, 9.17) is 9.84 Å². The van der Waals surface area contributed by atoms with Crippen molar-refractivity contribution in [3.63, 3.8) is 0 Å². The van der Waals surface area contributed by atoms with Crippen LogP contribution in [0.25, 0.3) is 0 Å². The second kappa shape index (κ2) is 7.33. The number of unbranched alkanes of at least 4 members (excludes halogenated alkanes) is 1. The Hall–Kier alpha value is -1.30. The predicted molar refractivity (Wildman–Crippen MR) is 71.1 cm³/mol. The standard InChI is InChI=1S/C13H24N2O4/c1-3-4-5-10(11(16)17)14-12(18)15-13(2)6-8-19-9-7-13/h10H,3-9H2,1-2H3,(H,16,17)(H2,14,15,18). The summed E-state index contributed by atoms with van der Waals surface area (Å²) in [7, 11) is 0. The Morgan fingerprint density at radius 1 is 1.37 bits per heavy atom. The molecular formula is C13H24N2O4. The molecule has 110 valence electrons. The van der Waals surface area contributed by atoms with Crippen molar-refractivity contribution in [1.82, 2.24) is 10.6 Å². The van der Waals surface area contributed by atoms with Crippen LogP contribution in [0.2, 0.25) is 0 Å². The Kier molecular flexibility index (Phi) is 6.08. The summed E-state index contributed by atoms with van der Waals surface area (Å²) in [5, 5.41) is 14.5. The second-order valence-electron chi connectivity index (χ2n) is 5.30. The molecule has 0 spiro atoms. The van der Waals surface area contributed by atoms with E-state index in [1.165, 1.54) is 0 Å². The fourth-order valence-electron chi connectivity index (χ4n) is 2.08. The minimum Gasteiger partial charge on any atom is -0.480 e. The maximum atomic E-state index is 11.9. The van der Waals surface area contributed by atoms with Crippen molar-refractivity contribution in [2.45, 2.75) is 57.5 Å². The van der Waals surface area contributed by atoms with Crippen LogP contribution in [0.3, 0.4) is 0 Å². The van der Waals surface area contributed by atoms with Crippen molar-refractivity contribution in [2.24, 2.45) is 0 Å². The van der Waals surface area contributed by atoms with Gasteiger partial charge in [0.05, 0.1) is 0 Å². The van der Waals surface area contributed by atoms with Gasteiger partial charge in [0, 0.05) is 18.8 Å². The maximum absolute atomic E-state index is 11.9. The summed E-state index contributed by atoms with van der Waals surface area (Å²) in [6.07, 6.45) is 3.63. The molecule has 1 rings (SSSR count). The lowest BCUT2D eigenvalue weighted by molar-refractivity contribution is -0.139. The molecule has 1 saturated heterocycles. The molecule has 0 saturated carbocycles. The van der Waals surface area contributed by atoms with Crippen LogP contribution in [-0.2, 0) is 9.53 Å². The number of rotatable bonds is 6. The van der Waals surface area contributed by atoms with Gasteiger partial charge in [-0.05, 0) is 26.2 Å². The van der Waals surface area contributed by atoms with E-state index in [1.54, 1.807) is 0 Å². The molecule has 6 nitrogen and oxygen atoms in total. The molecule has 1 heterocycles. The highest BCUT2D eigenvalue weighted by Crippen LogP contribution is 2.19. The molecule has 1 unspecified atom stereocenters. The van der Waals surface area contributed by atoms with Crippen LogP contribution in [0, 0.1) is 0 Å². The number of carbonyl (C=O) groups excluding carboxylic acids is 1.